The number of hydrogen-bond donors (Lipinski definition) is 6. The lowest BCUT2D eigenvalue weighted by molar-refractivity contribution is -0.123. The Morgan fingerprint density at radius 1 is 0.789 bits per heavy atom. The van der Waals surface area contributed by atoms with E-state index < -0.39 is 24.0 Å². The smallest absolute Gasteiger partial charge is 0.254 e. The molecule has 3 aromatic rings. The molecule has 3 rings (SSSR count). The summed E-state index contributed by atoms with van der Waals surface area (Å²) >= 11 is 0. The van der Waals surface area contributed by atoms with Gasteiger partial charge < -0.3 is 32.5 Å². The quantitative estimate of drug-likeness (QED) is 0.191. The van der Waals surface area contributed by atoms with Gasteiger partial charge in [0.05, 0.1) is 6.04 Å². The molecule has 200 valence electrons. The normalized spacial score (nSPS) is 12.3. The summed E-state index contributed by atoms with van der Waals surface area (Å²) in [5.74, 6) is -1.50. The first-order valence-corrected chi connectivity index (χ1v) is 12.6. The molecule has 0 saturated carbocycles. The summed E-state index contributed by atoms with van der Waals surface area (Å²) in [7, 11) is 0. The zero-order valence-electron chi connectivity index (χ0n) is 21.2. The number of hydrogen-bond acceptors (Lipinski definition) is 6. The Morgan fingerprint density at radius 2 is 1.34 bits per heavy atom. The van der Waals surface area contributed by atoms with Crippen LogP contribution in [0, 0.1) is 0 Å². The number of nitrogens with two attached hydrogens (primary N) is 2. The van der Waals surface area contributed by atoms with Gasteiger partial charge in [0.1, 0.15) is 6.10 Å². The predicted molar refractivity (Wildman–Crippen MR) is 149 cm³/mol. The molecule has 3 aromatic carbocycles. The van der Waals surface area contributed by atoms with E-state index in [9.17, 15) is 19.5 Å². The summed E-state index contributed by atoms with van der Waals surface area (Å²) in [6.45, 7) is 0.190. The first kappa shape index (κ1) is 28.5. The van der Waals surface area contributed by atoms with Gasteiger partial charge in [0.15, 0.2) is 0 Å². The molecule has 0 fully saturated rings. The van der Waals surface area contributed by atoms with Gasteiger partial charge in [-0.25, -0.2) is 0 Å². The number of aliphatic hydroxyl groups is 1. The largest absolute Gasteiger partial charge is 0.382 e. The molecule has 0 unspecified atom stereocenters. The lowest BCUT2D eigenvalue weighted by Crippen LogP contribution is -2.36. The second-order valence-corrected chi connectivity index (χ2v) is 9.00. The Balaban J connectivity index is 1.66. The number of carbonyl (C=O) groups excluding carboxylic acids is 3. The molecule has 0 bridgehead atoms. The van der Waals surface area contributed by atoms with Crippen LogP contribution in [0.2, 0.25) is 0 Å². The third-order valence-electron chi connectivity index (χ3n) is 5.95. The molecule has 0 aliphatic heterocycles. The number of rotatable bonds is 13. The fourth-order valence-corrected chi connectivity index (χ4v) is 3.81. The second-order valence-electron chi connectivity index (χ2n) is 9.00. The van der Waals surface area contributed by atoms with Crippen LogP contribution in [0.25, 0.3) is 0 Å². The van der Waals surface area contributed by atoms with Gasteiger partial charge >= 0.3 is 0 Å². The van der Waals surface area contributed by atoms with E-state index in [1.807, 2.05) is 60.7 Å². The van der Waals surface area contributed by atoms with Crippen molar-refractivity contribution in [2.24, 2.45) is 11.5 Å². The zero-order valence-corrected chi connectivity index (χ0v) is 21.2. The summed E-state index contributed by atoms with van der Waals surface area (Å²) < 4.78 is 0. The number of anilines is 2. The van der Waals surface area contributed by atoms with Crippen LogP contribution in [0.5, 0.6) is 0 Å². The third kappa shape index (κ3) is 9.11. The maximum atomic E-state index is 12.9. The minimum atomic E-state index is -1.41. The molecule has 0 heterocycles. The van der Waals surface area contributed by atoms with Crippen molar-refractivity contribution in [3.05, 3.63) is 95.6 Å². The molecule has 8 N–H and O–H groups in total. The highest BCUT2D eigenvalue weighted by Crippen LogP contribution is 2.20. The van der Waals surface area contributed by atoms with Gasteiger partial charge in [-0.3, -0.25) is 14.4 Å². The Labute approximate surface area is 222 Å². The maximum absolute atomic E-state index is 12.9. The standard InChI is InChI=1S/C29H35N5O4/c30-19-26(35)29(38)34-24-17-22(27(36)32-15-7-12-20-8-3-1-4-9-20)16-23(18-24)33-28(37)25(31)14-13-21-10-5-2-6-11-21/h1-6,8-11,16-18,25-26,35H,7,12-15,19,30-31H2,(H,32,36)(H,33,37)(H,34,38)/t25-,26+/m1/s1. The summed E-state index contributed by atoms with van der Waals surface area (Å²) in [6.07, 6.45) is 1.23. The van der Waals surface area contributed by atoms with Crippen LogP contribution >= 0.6 is 0 Å². The maximum Gasteiger partial charge on any atom is 0.254 e. The minimum absolute atomic E-state index is 0.229. The summed E-state index contributed by atoms with van der Waals surface area (Å²) in [4.78, 5) is 37.8. The third-order valence-corrected chi connectivity index (χ3v) is 5.95. The Hall–Kier alpha value is -4.05. The number of nitrogens with one attached hydrogen (secondary N) is 3. The molecule has 0 radical (unpaired) electrons. The molecule has 9 heteroatoms. The Bertz CT molecular complexity index is 1200. The lowest BCUT2D eigenvalue weighted by Gasteiger charge is -2.16. The number of aryl methyl sites for hydroxylation is 2. The molecular weight excluding hydrogens is 482 g/mol. The SMILES string of the molecule is NC[C@H](O)C(=O)Nc1cc(NC(=O)[C@H](N)CCc2ccccc2)cc(C(=O)NCCCc2ccccc2)c1. The van der Waals surface area contributed by atoms with Crippen LogP contribution in [-0.2, 0) is 22.4 Å². The molecule has 0 aliphatic carbocycles. The van der Waals surface area contributed by atoms with Crippen LogP contribution in [0.4, 0.5) is 11.4 Å². The van der Waals surface area contributed by atoms with Crippen molar-refractivity contribution in [3.8, 4) is 0 Å². The first-order chi connectivity index (χ1) is 18.4. The fourth-order valence-electron chi connectivity index (χ4n) is 3.81. The van der Waals surface area contributed by atoms with Crippen molar-refractivity contribution in [2.75, 3.05) is 23.7 Å². The van der Waals surface area contributed by atoms with E-state index >= 15 is 0 Å². The van der Waals surface area contributed by atoms with Crippen LogP contribution < -0.4 is 27.4 Å². The molecule has 38 heavy (non-hydrogen) atoms. The second kappa shape index (κ2) is 14.6. The van der Waals surface area contributed by atoms with Crippen molar-refractivity contribution >= 4 is 29.1 Å². The number of aliphatic hydroxyl groups excluding tert-OH is 1. The summed E-state index contributed by atoms with van der Waals surface area (Å²) in [5.41, 5.74) is 14.5. The van der Waals surface area contributed by atoms with Gasteiger partial charge in [-0.2, -0.15) is 0 Å². The molecule has 0 spiro atoms. The van der Waals surface area contributed by atoms with Gasteiger partial charge in [-0.1, -0.05) is 60.7 Å². The number of benzene rings is 3. The van der Waals surface area contributed by atoms with Crippen molar-refractivity contribution < 1.29 is 19.5 Å². The van der Waals surface area contributed by atoms with Gasteiger partial charge in [0.2, 0.25) is 5.91 Å². The Kier molecular flexibility index (Phi) is 11.0. The summed E-state index contributed by atoms with van der Waals surface area (Å²) in [6, 6.07) is 23.4. The van der Waals surface area contributed by atoms with Gasteiger partial charge in [-0.15, -0.1) is 0 Å². The molecule has 2 atom stereocenters. The van der Waals surface area contributed by atoms with Gasteiger partial charge in [-0.05, 0) is 55.0 Å². The molecule has 9 nitrogen and oxygen atoms in total. The Morgan fingerprint density at radius 3 is 1.92 bits per heavy atom. The molecular formula is C29H35N5O4. The highest BCUT2D eigenvalue weighted by atomic mass is 16.3. The zero-order chi connectivity index (χ0) is 27.3. The van der Waals surface area contributed by atoms with Crippen molar-refractivity contribution in [1.29, 1.82) is 0 Å². The van der Waals surface area contributed by atoms with Crippen LogP contribution in [-0.4, -0.2) is 48.1 Å². The topological polar surface area (TPSA) is 160 Å². The van der Waals surface area contributed by atoms with E-state index in [0.29, 0.717) is 25.1 Å². The molecule has 0 saturated heterocycles. The van der Waals surface area contributed by atoms with E-state index in [0.717, 1.165) is 18.4 Å². The van der Waals surface area contributed by atoms with E-state index in [1.165, 1.54) is 23.8 Å². The fraction of sp³-hybridized carbons (Fsp3) is 0.276. The average Bonchev–Trinajstić information content (AvgIpc) is 2.94. The first-order valence-electron chi connectivity index (χ1n) is 12.6. The average molecular weight is 518 g/mol. The van der Waals surface area contributed by atoms with E-state index in [1.54, 1.807) is 0 Å². The minimum Gasteiger partial charge on any atom is -0.382 e. The van der Waals surface area contributed by atoms with Crippen molar-refractivity contribution in [1.82, 2.24) is 5.32 Å². The van der Waals surface area contributed by atoms with E-state index in [2.05, 4.69) is 16.0 Å². The van der Waals surface area contributed by atoms with Crippen molar-refractivity contribution in [3.63, 3.8) is 0 Å². The van der Waals surface area contributed by atoms with Crippen molar-refractivity contribution in [2.45, 2.75) is 37.8 Å². The predicted octanol–water partition coefficient (Wildman–Crippen LogP) is 2.21. The van der Waals surface area contributed by atoms with Gasteiger partial charge in [0, 0.05) is 30.0 Å². The highest BCUT2D eigenvalue weighted by molar-refractivity contribution is 6.02. The molecule has 3 amide bonds. The molecule has 0 aliphatic rings. The van der Waals surface area contributed by atoms with Crippen LogP contribution in [0.1, 0.15) is 34.3 Å². The summed E-state index contributed by atoms with van der Waals surface area (Å²) in [5, 5.41) is 17.9. The highest BCUT2D eigenvalue weighted by Gasteiger charge is 2.18. The molecule has 0 aromatic heterocycles. The monoisotopic (exact) mass is 517 g/mol. The number of carbonyl (C=O) groups is 3. The lowest BCUT2D eigenvalue weighted by atomic mass is 10.0. The number of amides is 3. The van der Waals surface area contributed by atoms with E-state index in [4.69, 9.17) is 11.5 Å². The van der Waals surface area contributed by atoms with Crippen LogP contribution in [0.3, 0.4) is 0 Å². The van der Waals surface area contributed by atoms with E-state index in [-0.39, 0.29) is 23.7 Å². The van der Waals surface area contributed by atoms with Crippen LogP contribution in [0.15, 0.2) is 78.9 Å². The van der Waals surface area contributed by atoms with Gasteiger partial charge in [0.25, 0.3) is 11.8 Å².